The van der Waals surface area contributed by atoms with Gasteiger partial charge in [0.05, 0.1) is 12.6 Å². The number of aromatic nitrogens is 1. The van der Waals surface area contributed by atoms with E-state index in [1.807, 2.05) is 0 Å². The molecule has 0 radical (unpaired) electrons. The third-order valence-corrected chi connectivity index (χ3v) is 3.27. The number of aryl methyl sites for hydroxylation is 2. The minimum absolute atomic E-state index is 0.0530. The molecule has 1 aliphatic carbocycles. The summed E-state index contributed by atoms with van der Waals surface area (Å²) in [5, 5.41) is 37.6. The Morgan fingerprint density at radius 1 is 1.09 bits per heavy atom. The second-order valence-corrected chi connectivity index (χ2v) is 4.78. The van der Waals surface area contributed by atoms with Gasteiger partial charge in [-0.25, -0.2) is 10.1 Å². The average Bonchev–Trinajstić information content (AvgIpc) is 2.51. The number of hydrogen-bond donors (Lipinski definition) is 1. The van der Waals surface area contributed by atoms with Gasteiger partial charge >= 0.3 is 0 Å². The number of aliphatic hydroxyl groups is 1. The Labute approximate surface area is 133 Å². The zero-order valence-corrected chi connectivity index (χ0v) is 12.3. The summed E-state index contributed by atoms with van der Waals surface area (Å²) in [6.45, 7) is 10.6. The third-order valence-electron chi connectivity index (χ3n) is 3.27. The molecule has 1 aromatic rings. The number of rotatable bonds is 1. The van der Waals surface area contributed by atoms with Crippen molar-refractivity contribution in [2.45, 2.75) is 13.8 Å². The van der Waals surface area contributed by atoms with Crippen molar-refractivity contribution in [3.05, 3.63) is 68.7 Å². The Morgan fingerprint density at radius 2 is 1.65 bits per heavy atom. The maximum Gasteiger partial charge on any atom is 0.273 e. The molecule has 0 fully saturated rings. The predicted molar refractivity (Wildman–Crippen MR) is 80.8 cm³/mol. The normalized spacial score (nSPS) is 14.8. The molecule has 0 unspecified atom stereocenters. The van der Waals surface area contributed by atoms with Gasteiger partial charge in [-0.3, -0.25) is 4.98 Å². The highest BCUT2D eigenvalue weighted by molar-refractivity contribution is 6.00. The van der Waals surface area contributed by atoms with Crippen LogP contribution < -0.4 is 0 Å². The SMILES string of the molecule is [C-]#[N+]/C(C#N)=C1\C(O)=C(c2cc(C)nc(C)c2)C1=C(C#N)C#N. The van der Waals surface area contributed by atoms with Crippen LogP contribution in [0, 0.1) is 54.4 Å². The molecule has 1 N–H and O–H groups in total. The van der Waals surface area contributed by atoms with Gasteiger partial charge in [0.1, 0.15) is 23.5 Å². The lowest BCUT2D eigenvalue weighted by Gasteiger charge is -2.27. The quantitative estimate of drug-likeness (QED) is 0.633. The number of nitrogens with zero attached hydrogens (tertiary/aromatic N) is 5. The number of hydrogen-bond acceptors (Lipinski definition) is 5. The van der Waals surface area contributed by atoms with Crippen LogP contribution in [0.5, 0.6) is 0 Å². The van der Waals surface area contributed by atoms with Crippen molar-refractivity contribution in [2.75, 3.05) is 0 Å². The molecule has 0 spiro atoms. The summed E-state index contributed by atoms with van der Waals surface area (Å²) in [6, 6.07) is 8.57. The minimum atomic E-state index is -0.355. The van der Waals surface area contributed by atoms with Gasteiger partial charge in [-0.1, -0.05) is 0 Å². The van der Waals surface area contributed by atoms with Gasteiger partial charge in [0.2, 0.25) is 0 Å². The monoisotopic (exact) mass is 299 g/mol. The van der Waals surface area contributed by atoms with Gasteiger partial charge in [-0.15, -0.1) is 0 Å². The Hall–Kier alpha value is -3.87. The lowest BCUT2D eigenvalue weighted by molar-refractivity contribution is 0.420. The molecule has 2 rings (SSSR count). The molecular weight excluding hydrogens is 290 g/mol. The summed E-state index contributed by atoms with van der Waals surface area (Å²) < 4.78 is 0. The fourth-order valence-electron chi connectivity index (χ4n) is 2.44. The topological polar surface area (TPSA) is 109 Å². The van der Waals surface area contributed by atoms with Crippen molar-refractivity contribution in [2.24, 2.45) is 0 Å². The summed E-state index contributed by atoms with van der Waals surface area (Å²) in [5.74, 6) is -0.263. The van der Waals surface area contributed by atoms with Crippen LogP contribution in [0.1, 0.15) is 17.0 Å². The van der Waals surface area contributed by atoms with Crippen molar-refractivity contribution in [3.8, 4) is 18.2 Å². The van der Waals surface area contributed by atoms with Crippen LogP contribution in [0.25, 0.3) is 10.4 Å². The molecular formula is C17H9N5O. The molecule has 0 bridgehead atoms. The Balaban J connectivity index is 2.89. The Morgan fingerprint density at radius 3 is 2.09 bits per heavy atom. The van der Waals surface area contributed by atoms with Crippen LogP contribution in [0.15, 0.2) is 40.3 Å². The van der Waals surface area contributed by atoms with Gasteiger partial charge < -0.3 is 5.11 Å². The van der Waals surface area contributed by atoms with Crippen molar-refractivity contribution in [1.82, 2.24) is 4.98 Å². The second-order valence-electron chi connectivity index (χ2n) is 4.78. The molecule has 23 heavy (non-hydrogen) atoms. The molecule has 108 valence electrons. The van der Waals surface area contributed by atoms with E-state index in [0.717, 1.165) is 0 Å². The fourth-order valence-corrected chi connectivity index (χ4v) is 2.44. The number of nitriles is 3. The molecule has 1 aromatic heterocycles. The molecule has 1 heterocycles. The van der Waals surface area contributed by atoms with Gasteiger partial charge in [0.15, 0.2) is 0 Å². The van der Waals surface area contributed by atoms with Gasteiger partial charge in [0, 0.05) is 28.1 Å². The molecule has 0 aliphatic heterocycles. The zero-order valence-electron chi connectivity index (χ0n) is 12.3. The smallest absolute Gasteiger partial charge is 0.273 e. The van der Waals surface area contributed by atoms with E-state index in [1.165, 1.54) is 0 Å². The Bertz CT molecular complexity index is 930. The van der Waals surface area contributed by atoms with Crippen LogP contribution in [0.4, 0.5) is 0 Å². The first-order chi connectivity index (χ1) is 11.0. The van der Waals surface area contributed by atoms with Crippen molar-refractivity contribution >= 4 is 5.57 Å². The van der Waals surface area contributed by atoms with Crippen LogP contribution in [0.2, 0.25) is 0 Å². The highest BCUT2D eigenvalue weighted by Gasteiger charge is 2.36. The van der Waals surface area contributed by atoms with Gasteiger partial charge in [-0.05, 0) is 31.5 Å². The van der Waals surface area contributed by atoms with E-state index in [0.29, 0.717) is 17.0 Å². The van der Waals surface area contributed by atoms with E-state index in [4.69, 9.17) is 22.4 Å². The molecule has 0 saturated carbocycles. The third kappa shape index (κ3) is 2.42. The summed E-state index contributed by atoms with van der Waals surface area (Å²) in [7, 11) is 0. The lowest BCUT2D eigenvalue weighted by atomic mass is 9.76. The van der Waals surface area contributed by atoms with Crippen molar-refractivity contribution in [3.63, 3.8) is 0 Å². The fraction of sp³-hybridized carbons (Fsp3) is 0.118. The van der Waals surface area contributed by atoms with Gasteiger partial charge in [0.25, 0.3) is 5.70 Å². The van der Waals surface area contributed by atoms with E-state index >= 15 is 0 Å². The molecule has 6 heteroatoms. The first-order valence-electron chi connectivity index (χ1n) is 6.44. The largest absolute Gasteiger partial charge is 0.508 e. The van der Waals surface area contributed by atoms with E-state index in [9.17, 15) is 5.11 Å². The number of allylic oxidation sites excluding steroid dienone is 4. The lowest BCUT2D eigenvalue weighted by Crippen LogP contribution is -2.16. The van der Waals surface area contributed by atoms with E-state index in [1.54, 1.807) is 44.2 Å². The van der Waals surface area contributed by atoms with Gasteiger partial charge in [-0.2, -0.15) is 10.5 Å². The maximum absolute atomic E-state index is 10.3. The molecule has 0 aromatic carbocycles. The summed E-state index contributed by atoms with van der Waals surface area (Å²) in [4.78, 5) is 7.29. The highest BCUT2D eigenvalue weighted by Crippen LogP contribution is 2.48. The minimum Gasteiger partial charge on any atom is -0.508 e. The first kappa shape index (κ1) is 15.5. The predicted octanol–water partition coefficient (Wildman–Crippen LogP) is 3.02. The van der Waals surface area contributed by atoms with E-state index in [-0.39, 0.29) is 33.7 Å². The summed E-state index contributed by atoms with van der Waals surface area (Å²) in [6.07, 6.45) is 0. The first-order valence-corrected chi connectivity index (χ1v) is 6.44. The molecule has 1 aliphatic rings. The molecule has 0 amide bonds. The standard InChI is InChI=1S/C17H9N5O/c1-9-4-11(5-10(2)22-9)15-14(12(6-18)7-19)16(17(15)23)13(8-20)21-3/h4-5,23H,1-2H3/b16-13-. The zero-order chi connectivity index (χ0) is 17.1. The number of pyridine rings is 1. The summed E-state index contributed by atoms with van der Waals surface area (Å²) in [5.41, 5.74) is 1.74. The Kier molecular flexibility index (Phi) is 3.95. The number of aliphatic hydroxyl groups excluding tert-OH is 1. The maximum atomic E-state index is 10.3. The molecule has 0 saturated heterocycles. The van der Waals surface area contributed by atoms with Crippen molar-refractivity contribution in [1.29, 1.82) is 15.8 Å². The van der Waals surface area contributed by atoms with E-state index < -0.39 is 0 Å². The molecule has 0 atom stereocenters. The highest BCUT2D eigenvalue weighted by atomic mass is 16.3. The summed E-state index contributed by atoms with van der Waals surface area (Å²) >= 11 is 0. The van der Waals surface area contributed by atoms with Crippen LogP contribution in [0.3, 0.4) is 0 Å². The van der Waals surface area contributed by atoms with Crippen molar-refractivity contribution < 1.29 is 5.11 Å². The van der Waals surface area contributed by atoms with E-state index in [2.05, 4.69) is 9.83 Å². The van der Waals surface area contributed by atoms with Crippen LogP contribution in [-0.4, -0.2) is 10.1 Å². The average molecular weight is 299 g/mol. The van der Waals surface area contributed by atoms with Crippen LogP contribution in [-0.2, 0) is 0 Å². The molecule has 6 nitrogen and oxygen atoms in total. The second kappa shape index (κ2) is 5.86. The van der Waals surface area contributed by atoms with Crippen LogP contribution >= 0.6 is 0 Å².